The van der Waals surface area contributed by atoms with E-state index in [0.717, 1.165) is 19.6 Å². The molecule has 0 spiro atoms. The van der Waals surface area contributed by atoms with Gasteiger partial charge in [0.2, 0.25) is 5.88 Å². The summed E-state index contributed by atoms with van der Waals surface area (Å²) < 4.78 is 48.7. The Morgan fingerprint density at radius 2 is 1.89 bits per heavy atom. The fraction of sp³-hybridized carbons (Fsp3) is 0.368. The van der Waals surface area contributed by atoms with Crippen LogP contribution in [0.5, 0.6) is 11.6 Å². The molecular weight excluding hydrogens is 373 g/mol. The lowest BCUT2D eigenvalue weighted by molar-refractivity contribution is -0.274. The van der Waals surface area contributed by atoms with Crippen LogP contribution in [-0.2, 0) is 0 Å². The highest BCUT2D eigenvalue weighted by Gasteiger charge is 2.31. The Kier molecular flexibility index (Phi) is 6.03. The van der Waals surface area contributed by atoms with E-state index in [-0.39, 0.29) is 5.75 Å². The van der Waals surface area contributed by atoms with Crippen molar-refractivity contribution in [2.24, 2.45) is 0 Å². The van der Waals surface area contributed by atoms with Crippen LogP contribution in [0.2, 0.25) is 0 Å². The molecule has 1 aromatic carbocycles. The Labute approximate surface area is 160 Å². The van der Waals surface area contributed by atoms with E-state index < -0.39 is 6.36 Å². The van der Waals surface area contributed by atoms with E-state index in [1.165, 1.54) is 18.2 Å². The first-order valence-corrected chi connectivity index (χ1v) is 8.95. The maximum atomic E-state index is 12.5. The fourth-order valence-corrected chi connectivity index (χ4v) is 2.80. The van der Waals surface area contributed by atoms with Crippen molar-refractivity contribution >= 4 is 5.65 Å². The third-order valence-electron chi connectivity index (χ3n) is 4.25. The van der Waals surface area contributed by atoms with Gasteiger partial charge in [-0.1, -0.05) is 26.0 Å². The fourth-order valence-electron chi connectivity index (χ4n) is 2.80. The third-order valence-corrected chi connectivity index (χ3v) is 4.25. The second kappa shape index (κ2) is 8.47. The number of ether oxygens (including phenoxy) is 2. The van der Waals surface area contributed by atoms with Gasteiger partial charge < -0.3 is 14.4 Å². The van der Waals surface area contributed by atoms with Crippen LogP contribution in [0.3, 0.4) is 0 Å². The summed E-state index contributed by atoms with van der Waals surface area (Å²) in [5.41, 5.74) is 1.60. The van der Waals surface area contributed by atoms with Gasteiger partial charge in [0.1, 0.15) is 12.4 Å². The minimum absolute atomic E-state index is 0.299. The number of alkyl halides is 3. The maximum absolute atomic E-state index is 12.5. The second-order valence-electron chi connectivity index (χ2n) is 6.04. The zero-order chi connectivity index (χ0) is 20.1. The van der Waals surface area contributed by atoms with Crippen molar-refractivity contribution in [3.8, 4) is 22.9 Å². The summed E-state index contributed by atoms with van der Waals surface area (Å²) in [5.74, 6) is 0.119. The van der Waals surface area contributed by atoms with Crippen LogP contribution in [0.15, 0.2) is 42.6 Å². The van der Waals surface area contributed by atoms with Crippen LogP contribution in [0, 0.1) is 0 Å². The number of hydrogen-bond acceptors (Lipinski definition) is 5. The first-order chi connectivity index (χ1) is 13.4. The maximum Gasteiger partial charge on any atom is 0.573 e. The number of halogens is 3. The van der Waals surface area contributed by atoms with Gasteiger partial charge in [0, 0.05) is 18.2 Å². The first-order valence-electron chi connectivity index (χ1n) is 8.95. The van der Waals surface area contributed by atoms with Crippen molar-refractivity contribution in [3.05, 3.63) is 42.6 Å². The summed E-state index contributed by atoms with van der Waals surface area (Å²) in [6.07, 6.45) is -3.20. The number of nitrogens with zero attached hydrogens (tertiary/aromatic N) is 4. The third kappa shape index (κ3) is 4.92. The van der Waals surface area contributed by atoms with Crippen molar-refractivity contribution in [3.63, 3.8) is 0 Å². The van der Waals surface area contributed by atoms with Gasteiger partial charge in [0.15, 0.2) is 5.65 Å². The minimum atomic E-state index is -4.75. The molecule has 0 amide bonds. The van der Waals surface area contributed by atoms with Crippen LogP contribution in [-0.4, -0.2) is 52.1 Å². The zero-order valence-corrected chi connectivity index (χ0v) is 15.6. The molecule has 0 bridgehead atoms. The average Bonchev–Trinajstić information content (AvgIpc) is 3.07. The van der Waals surface area contributed by atoms with Crippen LogP contribution >= 0.6 is 0 Å². The smallest absolute Gasteiger partial charge is 0.475 e. The Morgan fingerprint density at radius 1 is 1.11 bits per heavy atom. The molecule has 150 valence electrons. The molecule has 28 heavy (non-hydrogen) atoms. The Balaban J connectivity index is 1.82. The van der Waals surface area contributed by atoms with E-state index in [4.69, 9.17) is 4.74 Å². The van der Waals surface area contributed by atoms with E-state index in [1.807, 2.05) is 0 Å². The Hall–Kier alpha value is -2.81. The van der Waals surface area contributed by atoms with E-state index in [1.54, 1.807) is 28.9 Å². The summed E-state index contributed by atoms with van der Waals surface area (Å²) in [4.78, 5) is 6.48. The highest BCUT2D eigenvalue weighted by Crippen LogP contribution is 2.28. The van der Waals surface area contributed by atoms with E-state index in [2.05, 4.69) is 33.6 Å². The molecule has 9 heteroatoms. The highest BCUT2D eigenvalue weighted by atomic mass is 19.4. The Morgan fingerprint density at radius 3 is 2.61 bits per heavy atom. The van der Waals surface area contributed by atoms with Gasteiger partial charge in [-0.05, 0) is 31.3 Å². The lowest BCUT2D eigenvalue weighted by Gasteiger charge is -2.17. The summed E-state index contributed by atoms with van der Waals surface area (Å²) in [5, 5.41) is 4.41. The topological polar surface area (TPSA) is 51.9 Å². The molecule has 0 saturated heterocycles. The van der Waals surface area contributed by atoms with Gasteiger partial charge in [0.05, 0.1) is 11.9 Å². The van der Waals surface area contributed by atoms with E-state index in [9.17, 15) is 13.2 Å². The van der Waals surface area contributed by atoms with Crippen LogP contribution in [0.4, 0.5) is 13.2 Å². The summed E-state index contributed by atoms with van der Waals surface area (Å²) in [6, 6.07) is 9.17. The predicted molar refractivity (Wildman–Crippen MR) is 98.4 cm³/mol. The SMILES string of the molecule is CCN(CC)CCOc1ccc2ncc(-c3cccc(OC(F)(F)F)c3)n2n1. The largest absolute Gasteiger partial charge is 0.573 e. The van der Waals surface area contributed by atoms with Gasteiger partial charge >= 0.3 is 6.36 Å². The number of rotatable bonds is 8. The molecule has 0 atom stereocenters. The quantitative estimate of drug-likeness (QED) is 0.578. The molecule has 6 nitrogen and oxygen atoms in total. The molecule has 0 aliphatic heterocycles. The number of hydrogen-bond donors (Lipinski definition) is 0. The predicted octanol–water partition coefficient (Wildman–Crippen LogP) is 4.02. The summed E-state index contributed by atoms with van der Waals surface area (Å²) in [7, 11) is 0. The highest BCUT2D eigenvalue weighted by molar-refractivity contribution is 5.64. The number of aromatic nitrogens is 3. The molecular formula is C19H21F3N4O2. The molecule has 2 aromatic heterocycles. The summed E-state index contributed by atoms with van der Waals surface area (Å²) >= 11 is 0. The molecule has 3 aromatic rings. The molecule has 0 unspecified atom stereocenters. The lowest BCUT2D eigenvalue weighted by Crippen LogP contribution is -2.28. The van der Waals surface area contributed by atoms with Crippen molar-refractivity contribution < 1.29 is 22.6 Å². The second-order valence-corrected chi connectivity index (χ2v) is 6.04. The van der Waals surface area contributed by atoms with E-state index >= 15 is 0 Å². The molecule has 0 aliphatic rings. The molecule has 0 aliphatic carbocycles. The molecule has 0 radical (unpaired) electrons. The van der Waals surface area contributed by atoms with E-state index in [0.29, 0.717) is 29.4 Å². The van der Waals surface area contributed by atoms with Crippen molar-refractivity contribution in [2.75, 3.05) is 26.2 Å². The molecule has 0 saturated carbocycles. The zero-order valence-electron chi connectivity index (χ0n) is 15.6. The van der Waals surface area contributed by atoms with Crippen LogP contribution < -0.4 is 9.47 Å². The number of imidazole rings is 1. The molecule has 0 fully saturated rings. The van der Waals surface area contributed by atoms with Crippen molar-refractivity contribution in [1.29, 1.82) is 0 Å². The first kappa shape index (κ1) is 19.9. The monoisotopic (exact) mass is 394 g/mol. The standard InChI is InChI=1S/C19H21F3N4O2/c1-3-25(4-2)10-11-27-18-9-8-17-23-13-16(26(17)24-18)14-6-5-7-15(12-14)28-19(20,21)22/h5-9,12-13H,3-4,10-11H2,1-2H3. The van der Waals surface area contributed by atoms with Gasteiger partial charge in [-0.2, -0.15) is 0 Å². The number of fused-ring (bicyclic) bond motifs is 1. The Bertz CT molecular complexity index is 923. The van der Waals surface area contributed by atoms with Crippen LogP contribution in [0.1, 0.15) is 13.8 Å². The van der Waals surface area contributed by atoms with Gasteiger partial charge in [0.25, 0.3) is 0 Å². The van der Waals surface area contributed by atoms with Crippen LogP contribution in [0.25, 0.3) is 16.9 Å². The lowest BCUT2D eigenvalue weighted by atomic mass is 10.1. The van der Waals surface area contributed by atoms with Crippen molar-refractivity contribution in [2.45, 2.75) is 20.2 Å². The molecule has 2 heterocycles. The number of likely N-dealkylation sites (N-methyl/N-ethyl adjacent to an activating group) is 1. The minimum Gasteiger partial charge on any atom is -0.475 e. The molecule has 0 N–H and O–H groups in total. The summed E-state index contributed by atoms with van der Waals surface area (Å²) in [6.45, 7) is 7.31. The normalized spacial score (nSPS) is 11.9. The van der Waals surface area contributed by atoms with Gasteiger partial charge in [-0.15, -0.1) is 18.3 Å². The van der Waals surface area contributed by atoms with Crippen molar-refractivity contribution in [1.82, 2.24) is 19.5 Å². The average molecular weight is 394 g/mol. The number of benzene rings is 1. The van der Waals surface area contributed by atoms with Gasteiger partial charge in [-0.25, -0.2) is 9.50 Å². The molecule has 3 rings (SSSR count). The van der Waals surface area contributed by atoms with Gasteiger partial charge in [-0.3, -0.25) is 0 Å².